The number of benzene rings is 2. The Hall–Kier alpha value is -2.66. The van der Waals surface area contributed by atoms with Crippen LogP contribution < -0.4 is 10.5 Å². The smallest absolute Gasteiger partial charge is 0.302 e. The molecule has 24 heavy (non-hydrogen) atoms. The van der Waals surface area contributed by atoms with Gasteiger partial charge in [0.2, 0.25) is 0 Å². The molecule has 0 bridgehead atoms. The van der Waals surface area contributed by atoms with Crippen LogP contribution in [-0.4, -0.2) is 9.55 Å². The van der Waals surface area contributed by atoms with Crippen molar-refractivity contribution in [3.8, 4) is 23.0 Å². The summed E-state index contributed by atoms with van der Waals surface area (Å²) in [7, 11) is 0. The van der Waals surface area contributed by atoms with Gasteiger partial charge in [-0.2, -0.15) is 4.98 Å². The molecule has 1 aromatic heterocycles. The topological polar surface area (TPSA) is 53.1 Å². The summed E-state index contributed by atoms with van der Waals surface area (Å²) < 4.78 is 20.9. The number of nitrogens with zero attached hydrogens (tertiary/aromatic N) is 2. The van der Waals surface area contributed by atoms with Crippen molar-refractivity contribution >= 4 is 0 Å². The van der Waals surface area contributed by atoms with Crippen molar-refractivity contribution < 1.29 is 9.13 Å². The fourth-order valence-corrected chi connectivity index (χ4v) is 2.71. The molecule has 0 fully saturated rings. The molecule has 3 rings (SSSR count). The van der Waals surface area contributed by atoms with Crippen LogP contribution in [0.1, 0.15) is 25.6 Å². The molecule has 0 aliphatic rings. The minimum Gasteiger partial charge on any atom is -0.425 e. The summed E-state index contributed by atoms with van der Waals surface area (Å²) in [6, 6.07) is 16.0. The molecule has 0 aliphatic heterocycles. The van der Waals surface area contributed by atoms with Crippen molar-refractivity contribution in [1.82, 2.24) is 9.55 Å². The van der Waals surface area contributed by atoms with Gasteiger partial charge in [-0.1, -0.05) is 30.3 Å². The molecule has 4 nitrogen and oxygen atoms in total. The number of aromatic nitrogens is 2. The molecule has 1 heterocycles. The molecule has 1 unspecified atom stereocenters. The zero-order valence-corrected chi connectivity index (χ0v) is 13.7. The third kappa shape index (κ3) is 3.16. The highest BCUT2D eigenvalue weighted by Crippen LogP contribution is 2.33. The van der Waals surface area contributed by atoms with Crippen LogP contribution in [0.2, 0.25) is 0 Å². The second kappa shape index (κ2) is 6.84. The molecule has 3 aromatic rings. The van der Waals surface area contributed by atoms with Gasteiger partial charge in [-0.3, -0.25) is 4.57 Å². The predicted molar refractivity (Wildman–Crippen MR) is 92.4 cm³/mol. The van der Waals surface area contributed by atoms with Crippen LogP contribution in [0.15, 0.2) is 54.6 Å². The van der Waals surface area contributed by atoms with E-state index in [2.05, 4.69) is 4.98 Å². The highest BCUT2D eigenvalue weighted by atomic mass is 19.1. The van der Waals surface area contributed by atoms with Crippen LogP contribution in [0.5, 0.6) is 11.8 Å². The first-order valence-corrected chi connectivity index (χ1v) is 7.95. The highest BCUT2D eigenvalue weighted by molar-refractivity contribution is 5.63. The van der Waals surface area contributed by atoms with E-state index in [0.717, 1.165) is 17.0 Å². The Balaban J connectivity index is 2.08. The fraction of sp³-hybridized carbons (Fsp3) is 0.211. The molecule has 5 heteroatoms. The Morgan fingerprint density at radius 1 is 1.12 bits per heavy atom. The van der Waals surface area contributed by atoms with Gasteiger partial charge < -0.3 is 10.5 Å². The second-order valence-corrected chi connectivity index (χ2v) is 5.58. The number of hydrogen-bond donors (Lipinski definition) is 1. The SMILES string of the molecule is CCn1c(Oc2ccc(F)cc2)nc(-c2ccccc2)c1C(C)N. The maximum absolute atomic E-state index is 13.1. The predicted octanol–water partition coefficient (Wildman–Crippen LogP) is 4.52. The summed E-state index contributed by atoms with van der Waals surface area (Å²) in [5, 5.41) is 0. The Morgan fingerprint density at radius 3 is 2.38 bits per heavy atom. The minimum atomic E-state index is -0.303. The molecule has 124 valence electrons. The van der Waals surface area contributed by atoms with E-state index >= 15 is 0 Å². The van der Waals surface area contributed by atoms with Crippen LogP contribution in [0.3, 0.4) is 0 Å². The lowest BCUT2D eigenvalue weighted by Gasteiger charge is -2.13. The Morgan fingerprint density at radius 2 is 1.79 bits per heavy atom. The lowest BCUT2D eigenvalue weighted by Crippen LogP contribution is -2.13. The van der Waals surface area contributed by atoms with Crippen molar-refractivity contribution in [2.45, 2.75) is 26.4 Å². The highest BCUT2D eigenvalue weighted by Gasteiger charge is 2.21. The summed E-state index contributed by atoms with van der Waals surface area (Å²) in [6.07, 6.45) is 0. The van der Waals surface area contributed by atoms with Gasteiger partial charge in [-0.15, -0.1) is 0 Å². The summed E-state index contributed by atoms with van der Waals surface area (Å²) in [5.41, 5.74) is 8.90. The zero-order chi connectivity index (χ0) is 17.1. The third-order valence-corrected chi connectivity index (χ3v) is 3.79. The Bertz CT molecular complexity index is 811. The molecule has 1 atom stereocenters. The first kappa shape index (κ1) is 16.2. The van der Waals surface area contributed by atoms with Gasteiger partial charge >= 0.3 is 6.01 Å². The molecule has 2 aromatic carbocycles. The van der Waals surface area contributed by atoms with Gasteiger partial charge in [0, 0.05) is 18.2 Å². The van der Waals surface area contributed by atoms with E-state index in [1.807, 2.05) is 48.7 Å². The van der Waals surface area contributed by atoms with E-state index in [1.165, 1.54) is 12.1 Å². The summed E-state index contributed by atoms with van der Waals surface area (Å²) >= 11 is 0. The van der Waals surface area contributed by atoms with Crippen molar-refractivity contribution in [2.75, 3.05) is 0 Å². The van der Waals surface area contributed by atoms with Gasteiger partial charge in [-0.05, 0) is 38.1 Å². The Labute approximate surface area is 140 Å². The molecule has 0 amide bonds. The van der Waals surface area contributed by atoms with Crippen molar-refractivity contribution in [3.05, 3.63) is 66.1 Å². The van der Waals surface area contributed by atoms with Gasteiger partial charge in [0.25, 0.3) is 0 Å². The average molecular weight is 325 g/mol. The lowest BCUT2D eigenvalue weighted by molar-refractivity contribution is 0.409. The monoisotopic (exact) mass is 325 g/mol. The van der Waals surface area contributed by atoms with Crippen molar-refractivity contribution in [3.63, 3.8) is 0 Å². The van der Waals surface area contributed by atoms with Crippen molar-refractivity contribution in [1.29, 1.82) is 0 Å². The van der Waals surface area contributed by atoms with Crippen LogP contribution in [-0.2, 0) is 6.54 Å². The van der Waals surface area contributed by atoms with Crippen LogP contribution >= 0.6 is 0 Å². The molecule has 0 spiro atoms. The van der Waals surface area contributed by atoms with E-state index < -0.39 is 0 Å². The third-order valence-electron chi connectivity index (χ3n) is 3.79. The van der Waals surface area contributed by atoms with E-state index in [-0.39, 0.29) is 11.9 Å². The molecular weight excluding hydrogens is 305 g/mol. The van der Waals surface area contributed by atoms with Crippen molar-refractivity contribution in [2.24, 2.45) is 5.73 Å². The molecular formula is C19H20FN3O. The van der Waals surface area contributed by atoms with Crippen LogP contribution in [0, 0.1) is 5.82 Å². The maximum atomic E-state index is 13.1. The summed E-state index contributed by atoms with van der Waals surface area (Å²) in [4.78, 5) is 4.66. The van der Waals surface area contributed by atoms with Gasteiger partial charge in [-0.25, -0.2) is 4.39 Å². The first-order valence-electron chi connectivity index (χ1n) is 7.95. The van der Waals surface area contributed by atoms with E-state index in [0.29, 0.717) is 18.3 Å². The Kier molecular flexibility index (Phi) is 4.62. The number of rotatable bonds is 5. The molecule has 0 aliphatic carbocycles. The number of ether oxygens (including phenoxy) is 1. The van der Waals surface area contributed by atoms with Crippen LogP contribution in [0.4, 0.5) is 4.39 Å². The summed E-state index contributed by atoms with van der Waals surface area (Å²) in [5.74, 6) is 0.231. The van der Waals surface area contributed by atoms with Gasteiger partial charge in [0.05, 0.1) is 11.4 Å². The summed E-state index contributed by atoms with van der Waals surface area (Å²) in [6.45, 7) is 4.62. The number of hydrogen-bond acceptors (Lipinski definition) is 3. The molecule has 2 N–H and O–H groups in total. The molecule has 0 saturated carbocycles. The number of nitrogens with two attached hydrogens (primary N) is 1. The largest absolute Gasteiger partial charge is 0.425 e. The van der Waals surface area contributed by atoms with Gasteiger partial charge in [0.1, 0.15) is 11.6 Å². The minimum absolute atomic E-state index is 0.196. The fourth-order valence-electron chi connectivity index (χ4n) is 2.71. The standard InChI is InChI=1S/C19H20FN3O/c1-3-23-18(13(2)21)17(14-7-5-4-6-8-14)22-19(23)24-16-11-9-15(20)10-12-16/h4-13H,3,21H2,1-2H3. The van der Waals surface area contributed by atoms with Gasteiger partial charge in [0.15, 0.2) is 0 Å². The van der Waals surface area contributed by atoms with Crippen LogP contribution in [0.25, 0.3) is 11.3 Å². The van der Waals surface area contributed by atoms with E-state index in [9.17, 15) is 4.39 Å². The average Bonchev–Trinajstić information content (AvgIpc) is 2.96. The zero-order valence-electron chi connectivity index (χ0n) is 13.7. The molecule has 0 saturated heterocycles. The molecule has 0 radical (unpaired) electrons. The second-order valence-electron chi connectivity index (χ2n) is 5.58. The van der Waals surface area contributed by atoms with E-state index in [4.69, 9.17) is 10.5 Å². The first-order chi connectivity index (χ1) is 11.6. The maximum Gasteiger partial charge on any atom is 0.302 e. The normalized spacial score (nSPS) is 12.2. The van der Waals surface area contributed by atoms with E-state index in [1.54, 1.807) is 12.1 Å². The lowest BCUT2D eigenvalue weighted by atomic mass is 10.1. The number of imidazole rings is 1. The number of halogens is 1. The quantitative estimate of drug-likeness (QED) is 0.750.